The van der Waals surface area contributed by atoms with Crippen LogP contribution in [-0.4, -0.2) is 40.9 Å². The quantitative estimate of drug-likeness (QED) is 0.723. The van der Waals surface area contributed by atoms with Crippen LogP contribution in [0.1, 0.15) is 34.1 Å². The van der Waals surface area contributed by atoms with Gasteiger partial charge in [-0.05, 0) is 34.1 Å². The van der Waals surface area contributed by atoms with Gasteiger partial charge in [0.25, 0.3) is 0 Å². The van der Waals surface area contributed by atoms with E-state index in [-0.39, 0.29) is 24.7 Å². The lowest BCUT2D eigenvalue weighted by atomic mass is 10.0. The molecule has 1 rings (SSSR count). The summed E-state index contributed by atoms with van der Waals surface area (Å²) in [5.41, 5.74) is -0.450. The molecule has 1 heterocycles. The van der Waals surface area contributed by atoms with Gasteiger partial charge in [0.1, 0.15) is 5.60 Å². The predicted molar refractivity (Wildman–Crippen MR) is 57.6 cm³/mol. The summed E-state index contributed by atoms with van der Waals surface area (Å²) in [6.45, 7) is 8.35. The van der Waals surface area contributed by atoms with Crippen molar-refractivity contribution in [2.24, 2.45) is 5.92 Å². The average Bonchev–Trinajstić information content (AvgIpc) is 2.43. The average molecular weight is 215 g/mol. The third-order valence-corrected chi connectivity index (χ3v) is 2.78. The number of nitrogens with zero attached hydrogens (tertiary/aromatic N) is 1. The first-order chi connectivity index (χ1) is 6.85. The molecule has 0 aromatic carbocycles. The van der Waals surface area contributed by atoms with Gasteiger partial charge in [0, 0.05) is 25.1 Å². The van der Waals surface area contributed by atoms with Gasteiger partial charge >= 0.3 is 6.09 Å². The molecule has 0 aliphatic carbocycles. The summed E-state index contributed by atoms with van der Waals surface area (Å²) in [5.74, 6) is 0.192. The number of ether oxygens (including phenoxy) is 1. The molecule has 0 radical (unpaired) electrons. The number of hydrogen-bond acceptors (Lipinski definition) is 3. The van der Waals surface area contributed by atoms with Gasteiger partial charge in [-0.2, -0.15) is 0 Å². The highest BCUT2D eigenvalue weighted by molar-refractivity contribution is 5.69. The zero-order valence-electron chi connectivity index (χ0n) is 9.99. The molecule has 4 heteroatoms. The molecular weight excluding hydrogens is 194 g/mol. The second kappa shape index (κ2) is 4.39. The molecule has 2 atom stereocenters. The summed E-state index contributed by atoms with van der Waals surface area (Å²) >= 11 is 0. The Hall–Kier alpha value is -0.770. The molecule has 1 saturated heterocycles. The van der Waals surface area contributed by atoms with E-state index in [0.717, 1.165) is 6.42 Å². The second-order valence-electron chi connectivity index (χ2n) is 5.15. The van der Waals surface area contributed by atoms with Crippen molar-refractivity contribution in [3.8, 4) is 0 Å². The van der Waals surface area contributed by atoms with E-state index >= 15 is 0 Å². The largest absolute Gasteiger partial charge is 0.444 e. The van der Waals surface area contributed by atoms with Gasteiger partial charge in [-0.25, -0.2) is 4.79 Å². The number of carbonyl (C=O) groups is 1. The van der Waals surface area contributed by atoms with Crippen LogP contribution in [0.4, 0.5) is 4.79 Å². The van der Waals surface area contributed by atoms with Gasteiger partial charge < -0.3 is 14.7 Å². The van der Waals surface area contributed by atoms with Crippen LogP contribution in [0.15, 0.2) is 0 Å². The third kappa shape index (κ3) is 3.09. The van der Waals surface area contributed by atoms with Crippen molar-refractivity contribution < 1.29 is 14.6 Å². The van der Waals surface area contributed by atoms with E-state index in [1.165, 1.54) is 0 Å². The Morgan fingerprint density at radius 3 is 2.53 bits per heavy atom. The molecule has 1 amide bonds. The molecule has 88 valence electrons. The zero-order valence-corrected chi connectivity index (χ0v) is 9.99. The smallest absolute Gasteiger partial charge is 0.410 e. The van der Waals surface area contributed by atoms with Crippen LogP contribution in [0, 0.1) is 5.92 Å². The Labute approximate surface area is 91.2 Å². The van der Waals surface area contributed by atoms with E-state index in [0.29, 0.717) is 6.54 Å². The lowest BCUT2D eigenvalue weighted by molar-refractivity contribution is 0.0212. The van der Waals surface area contributed by atoms with Crippen molar-refractivity contribution in [2.45, 2.75) is 45.8 Å². The van der Waals surface area contributed by atoms with Crippen LogP contribution in [0.25, 0.3) is 0 Å². The van der Waals surface area contributed by atoms with Gasteiger partial charge in [-0.3, -0.25) is 0 Å². The Kier molecular flexibility index (Phi) is 3.60. The summed E-state index contributed by atoms with van der Waals surface area (Å²) in [7, 11) is 0. The van der Waals surface area contributed by atoms with E-state index in [2.05, 4.69) is 0 Å². The predicted octanol–water partition coefficient (Wildman–Crippen LogP) is 1.62. The number of amides is 1. The molecule has 1 N–H and O–H groups in total. The fourth-order valence-electron chi connectivity index (χ4n) is 1.83. The number of likely N-dealkylation sites (tertiary alicyclic amines) is 1. The summed E-state index contributed by atoms with van der Waals surface area (Å²) in [6.07, 6.45) is 0.586. The zero-order chi connectivity index (χ0) is 11.6. The highest BCUT2D eigenvalue weighted by Gasteiger charge is 2.35. The van der Waals surface area contributed by atoms with Crippen molar-refractivity contribution in [2.75, 3.05) is 13.2 Å². The van der Waals surface area contributed by atoms with Gasteiger partial charge in [0.05, 0.1) is 0 Å². The normalized spacial score (nSPS) is 26.9. The monoisotopic (exact) mass is 215 g/mol. The third-order valence-electron chi connectivity index (χ3n) is 2.78. The Bertz CT molecular complexity index is 234. The molecule has 1 fully saturated rings. The van der Waals surface area contributed by atoms with Crippen molar-refractivity contribution in [1.82, 2.24) is 4.90 Å². The Balaban J connectivity index is 2.55. The number of hydrogen-bond donors (Lipinski definition) is 1. The van der Waals surface area contributed by atoms with Gasteiger partial charge in [-0.1, -0.05) is 0 Å². The minimum atomic E-state index is -0.450. The van der Waals surface area contributed by atoms with Crippen molar-refractivity contribution >= 4 is 6.09 Å². The van der Waals surface area contributed by atoms with Crippen LogP contribution >= 0.6 is 0 Å². The molecular formula is C11H21NO3. The number of rotatable bonds is 1. The minimum Gasteiger partial charge on any atom is -0.444 e. The number of aliphatic hydroxyl groups excluding tert-OH is 1. The molecule has 0 spiro atoms. The van der Waals surface area contributed by atoms with E-state index in [1.807, 2.05) is 27.7 Å². The maximum absolute atomic E-state index is 11.8. The molecule has 15 heavy (non-hydrogen) atoms. The molecule has 1 aliphatic rings. The number of carbonyl (C=O) groups excluding carboxylic acids is 1. The molecule has 0 aromatic heterocycles. The fourth-order valence-corrected chi connectivity index (χ4v) is 1.83. The lowest BCUT2D eigenvalue weighted by Crippen LogP contribution is -2.40. The summed E-state index contributed by atoms with van der Waals surface area (Å²) in [4.78, 5) is 13.5. The Morgan fingerprint density at radius 2 is 2.13 bits per heavy atom. The fraction of sp³-hybridized carbons (Fsp3) is 0.909. The summed E-state index contributed by atoms with van der Waals surface area (Å²) in [5, 5.41) is 9.09. The molecule has 0 bridgehead atoms. The van der Waals surface area contributed by atoms with Crippen molar-refractivity contribution in [3.05, 3.63) is 0 Å². The van der Waals surface area contributed by atoms with Crippen LogP contribution < -0.4 is 0 Å². The second-order valence-corrected chi connectivity index (χ2v) is 5.15. The SMILES string of the molecule is CC1C(CO)CCN1C(=O)OC(C)(C)C. The molecule has 0 saturated carbocycles. The lowest BCUT2D eigenvalue weighted by Gasteiger charge is -2.28. The van der Waals surface area contributed by atoms with E-state index in [9.17, 15) is 4.79 Å². The van der Waals surface area contributed by atoms with Crippen LogP contribution in [0.5, 0.6) is 0 Å². The minimum absolute atomic E-state index is 0.0739. The van der Waals surface area contributed by atoms with Crippen LogP contribution in [0.3, 0.4) is 0 Å². The van der Waals surface area contributed by atoms with E-state index in [4.69, 9.17) is 9.84 Å². The van der Waals surface area contributed by atoms with Gasteiger partial charge in [-0.15, -0.1) is 0 Å². The highest BCUT2D eigenvalue weighted by Crippen LogP contribution is 2.25. The molecule has 2 unspecified atom stereocenters. The molecule has 1 aliphatic heterocycles. The number of aliphatic hydroxyl groups is 1. The first-order valence-electron chi connectivity index (χ1n) is 5.45. The highest BCUT2D eigenvalue weighted by atomic mass is 16.6. The van der Waals surface area contributed by atoms with Gasteiger partial charge in [0.15, 0.2) is 0 Å². The van der Waals surface area contributed by atoms with Gasteiger partial charge in [0.2, 0.25) is 0 Å². The standard InChI is InChI=1S/C11H21NO3/c1-8-9(7-13)5-6-12(8)10(14)15-11(2,3)4/h8-9,13H,5-7H2,1-4H3. The first-order valence-corrected chi connectivity index (χ1v) is 5.45. The summed E-state index contributed by atoms with van der Waals surface area (Å²) < 4.78 is 5.29. The van der Waals surface area contributed by atoms with Crippen molar-refractivity contribution in [1.29, 1.82) is 0 Å². The van der Waals surface area contributed by atoms with E-state index < -0.39 is 5.60 Å². The van der Waals surface area contributed by atoms with E-state index in [1.54, 1.807) is 4.90 Å². The van der Waals surface area contributed by atoms with Crippen LogP contribution in [0.2, 0.25) is 0 Å². The topological polar surface area (TPSA) is 49.8 Å². The summed E-state index contributed by atoms with van der Waals surface area (Å²) in [6, 6.07) is 0.0739. The van der Waals surface area contributed by atoms with Crippen LogP contribution in [-0.2, 0) is 4.74 Å². The maximum atomic E-state index is 11.8. The molecule has 0 aromatic rings. The maximum Gasteiger partial charge on any atom is 0.410 e. The molecule has 4 nitrogen and oxygen atoms in total. The van der Waals surface area contributed by atoms with Crippen molar-refractivity contribution in [3.63, 3.8) is 0 Å². The first kappa shape index (κ1) is 12.3. The Morgan fingerprint density at radius 1 is 1.53 bits per heavy atom.